The molecule has 0 aromatic heterocycles. The van der Waals surface area contributed by atoms with Gasteiger partial charge in [0.2, 0.25) is 0 Å². The van der Waals surface area contributed by atoms with Crippen molar-refractivity contribution in [2.75, 3.05) is 13.6 Å². The molecule has 0 rings (SSSR count). The average molecular weight is 149 g/mol. The summed E-state index contributed by atoms with van der Waals surface area (Å²) in [6, 6.07) is 0. The van der Waals surface area contributed by atoms with E-state index in [1.54, 1.807) is 6.08 Å². The lowest BCUT2D eigenvalue weighted by molar-refractivity contribution is 0.896. The van der Waals surface area contributed by atoms with Gasteiger partial charge in [-0.05, 0) is 12.6 Å². The van der Waals surface area contributed by atoms with E-state index in [4.69, 9.17) is 0 Å². The average Bonchev–Trinajstić information content (AvgIpc) is 2.03. The molecule has 11 heavy (non-hydrogen) atoms. The molecule has 0 aliphatic rings. The maximum absolute atomic E-state index is 3.69. The molecule has 0 aliphatic heterocycles. The minimum Gasteiger partial charge on any atom is -0.316 e. The van der Waals surface area contributed by atoms with E-state index in [1.165, 1.54) is 5.57 Å². The highest BCUT2D eigenvalue weighted by atomic mass is 14.8. The van der Waals surface area contributed by atoms with E-state index in [0.717, 1.165) is 6.54 Å². The Balaban J connectivity index is 3.99. The van der Waals surface area contributed by atoms with Crippen molar-refractivity contribution in [3.8, 4) is 0 Å². The first-order valence-electron chi connectivity index (χ1n) is 3.60. The lowest BCUT2D eigenvalue weighted by Gasteiger charge is -1.96. The zero-order chi connectivity index (χ0) is 8.53. The Morgan fingerprint density at radius 2 is 2.09 bits per heavy atom. The van der Waals surface area contributed by atoms with Crippen LogP contribution in [0, 0.1) is 0 Å². The van der Waals surface area contributed by atoms with Gasteiger partial charge in [0.05, 0.1) is 0 Å². The van der Waals surface area contributed by atoms with Gasteiger partial charge >= 0.3 is 0 Å². The number of hydrogen-bond donors (Lipinski definition) is 1. The van der Waals surface area contributed by atoms with Crippen LogP contribution in [-0.2, 0) is 0 Å². The third kappa shape index (κ3) is 5.37. The van der Waals surface area contributed by atoms with Crippen molar-refractivity contribution < 1.29 is 0 Å². The Kier molecular flexibility index (Phi) is 6.34. The van der Waals surface area contributed by atoms with Crippen LogP contribution in [0.5, 0.6) is 0 Å². The Hall–Kier alpha value is -1.08. The second-order valence-corrected chi connectivity index (χ2v) is 2.10. The summed E-state index contributed by atoms with van der Waals surface area (Å²) < 4.78 is 0. The smallest absolute Gasteiger partial charge is 0.0202 e. The summed E-state index contributed by atoms with van der Waals surface area (Å²) in [7, 11) is 1.91. The summed E-state index contributed by atoms with van der Waals surface area (Å²) in [5, 5.41) is 3.05. The zero-order valence-corrected chi connectivity index (χ0v) is 7.01. The molecule has 1 N–H and O–H groups in total. The number of likely N-dealkylation sites (N-methyl/N-ethyl adjacent to an activating group) is 1. The highest BCUT2D eigenvalue weighted by molar-refractivity contribution is 5.24. The van der Waals surface area contributed by atoms with E-state index < -0.39 is 0 Å². The normalized spacial score (nSPS) is 11.9. The van der Waals surface area contributed by atoms with Crippen LogP contribution in [0.25, 0.3) is 0 Å². The van der Waals surface area contributed by atoms with Gasteiger partial charge in [-0.2, -0.15) is 0 Å². The van der Waals surface area contributed by atoms with E-state index in [1.807, 2.05) is 31.4 Å². The molecule has 0 aromatic rings. The predicted octanol–water partition coefficient (Wildman–Crippen LogP) is 2.06. The molecule has 0 atom stereocenters. The third-order valence-electron chi connectivity index (χ3n) is 1.20. The first-order valence-corrected chi connectivity index (χ1v) is 3.60. The topological polar surface area (TPSA) is 12.0 Å². The summed E-state index contributed by atoms with van der Waals surface area (Å²) in [4.78, 5) is 0. The van der Waals surface area contributed by atoms with Gasteiger partial charge in [-0.1, -0.05) is 43.5 Å². The minimum absolute atomic E-state index is 0.852. The summed E-state index contributed by atoms with van der Waals surface area (Å²) >= 11 is 0. The Labute approximate surface area is 68.8 Å². The van der Waals surface area contributed by atoms with Gasteiger partial charge in [0.15, 0.2) is 0 Å². The van der Waals surface area contributed by atoms with E-state index in [0.29, 0.717) is 0 Å². The van der Waals surface area contributed by atoms with Crippen molar-refractivity contribution in [2.45, 2.75) is 0 Å². The molecule has 60 valence electrons. The molecular weight excluding hydrogens is 134 g/mol. The van der Waals surface area contributed by atoms with E-state index in [-0.39, 0.29) is 0 Å². The van der Waals surface area contributed by atoms with Gasteiger partial charge in [-0.15, -0.1) is 0 Å². The van der Waals surface area contributed by atoms with Gasteiger partial charge in [-0.25, -0.2) is 0 Å². The Morgan fingerprint density at radius 1 is 1.36 bits per heavy atom. The first kappa shape index (κ1) is 9.92. The Bertz CT molecular complexity index is 175. The standard InChI is InChI=1S/C10H15N/c1-4-6-7-8-10(5-2)9-11-3/h4-8,11H,1-2,9H2,3H3/b7-6-,10-8+. The molecule has 0 bridgehead atoms. The molecule has 0 fully saturated rings. The van der Waals surface area contributed by atoms with Crippen LogP contribution in [0.2, 0.25) is 0 Å². The van der Waals surface area contributed by atoms with E-state index in [2.05, 4.69) is 18.5 Å². The fraction of sp³-hybridized carbons (Fsp3) is 0.200. The van der Waals surface area contributed by atoms with Gasteiger partial charge in [-0.3, -0.25) is 0 Å². The number of hydrogen-bond acceptors (Lipinski definition) is 1. The quantitative estimate of drug-likeness (QED) is 0.590. The van der Waals surface area contributed by atoms with Crippen LogP contribution in [0.3, 0.4) is 0 Å². The lowest BCUT2D eigenvalue weighted by Crippen LogP contribution is -2.08. The molecule has 0 radical (unpaired) electrons. The third-order valence-corrected chi connectivity index (χ3v) is 1.20. The fourth-order valence-electron chi connectivity index (χ4n) is 0.661. The zero-order valence-electron chi connectivity index (χ0n) is 7.01. The highest BCUT2D eigenvalue weighted by Crippen LogP contribution is 1.93. The molecule has 1 nitrogen and oxygen atoms in total. The molecule has 0 unspecified atom stereocenters. The SMILES string of the molecule is C=C/C=C\C=C(/C=C)CNC. The summed E-state index contributed by atoms with van der Waals surface area (Å²) in [6.45, 7) is 8.11. The first-order chi connectivity index (χ1) is 5.35. The van der Waals surface area contributed by atoms with Gasteiger partial charge in [0.1, 0.15) is 0 Å². The van der Waals surface area contributed by atoms with Crippen molar-refractivity contribution in [1.29, 1.82) is 0 Å². The summed E-state index contributed by atoms with van der Waals surface area (Å²) in [6.07, 6.45) is 9.42. The number of nitrogens with one attached hydrogen (secondary N) is 1. The molecule has 0 aromatic carbocycles. The highest BCUT2D eigenvalue weighted by Gasteiger charge is 1.83. The molecule has 0 saturated carbocycles. The van der Waals surface area contributed by atoms with Crippen molar-refractivity contribution >= 4 is 0 Å². The minimum atomic E-state index is 0.852. The molecule has 0 aliphatic carbocycles. The van der Waals surface area contributed by atoms with Crippen molar-refractivity contribution in [1.82, 2.24) is 5.32 Å². The second-order valence-electron chi connectivity index (χ2n) is 2.10. The van der Waals surface area contributed by atoms with Gasteiger partial charge in [0.25, 0.3) is 0 Å². The van der Waals surface area contributed by atoms with E-state index >= 15 is 0 Å². The van der Waals surface area contributed by atoms with Crippen molar-refractivity contribution in [2.24, 2.45) is 0 Å². The van der Waals surface area contributed by atoms with Crippen LogP contribution in [-0.4, -0.2) is 13.6 Å². The maximum Gasteiger partial charge on any atom is 0.0202 e. The van der Waals surface area contributed by atoms with Crippen molar-refractivity contribution in [3.63, 3.8) is 0 Å². The molecule has 1 heteroatoms. The van der Waals surface area contributed by atoms with Crippen LogP contribution in [0.1, 0.15) is 0 Å². The van der Waals surface area contributed by atoms with E-state index in [9.17, 15) is 0 Å². The number of rotatable bonds is 5. The lowest BCUT2D eigenvalue weighted by atomic mass is 10.2. The predicted molar refractivity (Wildman–Crippen MR) is 51.5 cm³/mol. The molecule has 0 amide bonds. The molecular formula is C10H15N. The fourth-order valence-corrected chi connectivity index (χ4v) is 0.661. The molecule has 0 spiro atoms. The van der Waals surface area contributed by atoms with Crippen molar-refractivity contribution in [3.05, 3.63) is 49.1 Å². The summed E-state index contributed by atoms with van der Waals surface area (Å²) in [5.74, 6) is 0. The molecule has 0 heterocycles. The van der Waals surface area contributed by atoms with Crippen LogP contribution in [0.4, 0.5) is 0 Å². The Morgan fingerprint density at radius 3 is 2.55 bits per heavy atom. The van der Waals surface area contributed by atoms with Gasteiger partial charge < -0.3 is 5.32 Å². The molecule has 0 saturated heterocycles. The second kappa shape index (κ2) is 7.03. The van der Waals surface area contributed by atoms with Crippen LogP contribution >= 0.6 is 0 Å². The maximum atomic E-state index is 3.69. The van der Waals surface area contributed by atoms with Crippen LogP contribution < -0.4 is 5.32 Å². The largest absolute Gasteiger partial charge is 0.316 e. The number of allylic oxidation sites excluding steroid dienone is 4. The monoisotopic (exact) mass is 149 g/mol. The van der Waals surface area contributed by atoms with Gasteiger partial charge in [0, 0.05) is 6.54 Å². The van der Waals surface area contributed by atoms with Crippen LogP contribution in [0.15, 0.2) is 49.1 Å². The summed E-state index contributed by atoms with van der Waals surface area (Å²) in [5.41, 5.74) is 1.17.